The highest BCUT2D eigenvalue weighted by atomic mass is 35.5. The van der Waals surface area contributed by atoms with Gasteiger partial charge in [0.05, 0.1) is 17.6 Å². The number of halogens is 3. The van der Waals surface area contributed by atoms with Crippen molar-refractivity contribution in [1.82, 2.24) is 0 Å². The fraction of sp³-hybridized carbons (Fsp3) is 0.333. The second kappa shape index (κ2) is 5.46. The van der Waals surface area contributed by atoms with Crippen LogP contribution >= 0.6 is 11.6 Å². The van der Waals surface area contributed by atoms with Gasteiger partial charge in [-0.1, -0.05) is 30.3 Å². The molecule has 1 saturated heterocycles. The third-order valence-electron chi connectivity index (χ3n) is 4.27. The molecule has 5 heteroatoms. The van der Waals surface area contributed by atoms with Crippen molar-refractivity contribution in [3.05, 3.63) is 48.0 Å². The topological polar surface area (TPSA) is 21.8 Å². The van der Waals surface area contributed by atoms with Crippen LogP contribution in [0.4, 0.5) is 8.78 Å². The number of hydrogen-bond acceptors (Lipinski definition) is 2. The van der Waals surface area contributed by atoms with Gasteiger partial charge < -0.3 is 9.47 Å². The summed E-state index contributed by atoms with van der Waals surface area (Å²) in [5.41, 5.74) is 1.99. The van der Waals surface area contributed by atoms with Gasteiger partial charge in [0.25, 0.3) is 0 Å². The first-order valence-electron chi connectivity index (χ1n) is 7.57. The SMILES string of the molecule is FC(F)Oc1cccc2c(C(=CC3CO3)C3(Cl)CC3)cccc12. The Morgan fingerprint density at radius 2 is 1.91 bits per heavy atom. The van der Waals surface area contributed by atoms with Gasteiger partial charge in [0.15, 0.2) is 0 Å². The third-order valence-corrected chi connectivity index (χ3v) is 4.85. The molecular formula is C18H15ClF2O2. The van der Waals surface area contributed by atoms with E-state index in [0.29, 0.717) is 12.0 Å². The standard InChI is InChI=1S/C18H15ClF2O2/c19-18(7-8-18)15(9-11-10-22-11)13-4-1-5-14-12(13)3-2-6-16(14)23-17(20)21/h1-6,9,11,17H,7-8,10H2. The van der Waals surface area contributed by atoms with Crippen molar-refractivity contribution in [3.63, 3.8) is 0 Å². The smallest absolute Gasteiger partial charge is 0.387 e. The van der Waals surface area contributed by atoms with Gasteiger partial charge in [-0.25, -0.2) is 0 Å². The molecule has 2 aromatic carbocycles. The highest BCUT2D eigenvalue weighted by Gasteiger charge is 2.45. The molecule has 2 fully saturated rings. The van der Waals surface area contributed by atoms with E-state index in [2.05, 4.69) is 10.8 Å². The molecule has 0 aromatic heterocycles. The molecule has 23 heavy (non-hydrogen) atoms. The molecule has 120 valence electrons. The van der Waals surface area contributed by atoms with Crippen molar-refractivity contribution in [2.75, 3.05) is 6.61 Å². The summed E-state index contributed by atoms with van der Waals surface area (Å²) in [6, 6.07) is 10.8. The van der Waals surface area contributed by atoms with Gasteiger partial charge in [0.2, 0.25) is 0 Å². The first-order chi connectivity index (χ1) is 11.1. The number of ether oxygens (including phenoxy) is 2. The molecular weight excluding hydrogens is 322 g/mol. The number of fused-ring (bicyclic) bond motifs is 1. The number of allylic oxidation sites excluding steroid dienone is 1. The van der Waals surface area contributed by atoms with Crippen LogP contribution in [0.1, 0.15) is 18.4 Å². The molecule has 2 aromatic rings. The number of alkyl halides is 3. The molecule has 0 bridgehead atoms. The average molecular weight is 337 g/mol. The molecule has 1 heterocycles. The minimum Gasteiger partial charge on any atom is -0.434 e. The zero-order chi connectivity index (χ0) is 16.0. The second-order valence-corrected chi connectivity index (χ2v) is 6.68. The monoisotopic (exact) mass is 336 g/mol. The van der Waals surface area contributed by atoms with E-state index in [1.54, 1.807) is 18.2 Å². The Bertz CT molecular complexity index is 780. The summed E-state index contributed by atoms with van der Waals surface area (Å²) in [5.74, 6) is 0.181. The van der Waals surface area contributed by atoms with Gasteiger partial charge in [-0.15, -0.1) is 11.6 Å². The number of benzene rings is 2. The predicted molar refractivity (Wildman–Crippen MR) is 86.1 cm³/mol. The highest BCUT2D eigenvalue weighted by Crippen LogP contribution is 2.54. The van der Waals surface area contributed by atoms with Crippen LogP contribution in [0.15, 0.2) is 42.5 Å². The first-order valence-corrected chi connectivity index (χ1v) is 7.94. The Balaban J connectivity index is 1.86. The van der Waals surface area contributed by atoms with Gasteiger partial charge in [0, 0.05) is 5.39 Å². The van der Waals surface area contributed by atoms with Crippen molar-refractivity contribution < 1.29 is 18.3 Å². The van der Waals surface area contributed by atoms with Crippen molar-refractivity contribution in [2.45, 2.75) is 30.4 Å². The fourth-order valence-electron chi connectivity index (χ4n) is 2.91. The Morgan fingerprint density at radius 1 is 1.22 bits per heavy atom. The van der Waals surface area contributed by atoms with Crippen LogP contribution in [0, 0.1) is 0 Å². The maximum absolute atomic E-state index is 12.6. The van der Waals surface area contributed by atoms with Gasteiger partial charge in [0.1, 0.15) is 5.75 Å². The van der Waals surface area contributed by atoms with Gasteiger partial charge in [-0.2, -0.15) is 8.78 Å². The number of hydrogen-bond donors (Lipinski definition) is 0. The molecule has 2 nitrogen and oxygen atoms in total. The fourth-order valence-corrected chi connectivity index (χ4v) is 3.17. The Labute approximate surface area is 137 Å². The first kappa shape index (κ1) is 14.9. The summed E-state index contributed by atoms with van der Waals surface area (Å²) in [5, 5.41) is 1.53. The van der Waals surface area contributed by atoms with Crippen LogP contribution < -0.4 is 4.74 Å². The van der Waals surface area contributed by atoms with Crippen LogP contribution in [0.5, 0.6) is 5.75 Å². The van der Waals surface area contributed by atoms with Crippen LogP contribution in [0.25, 0.3) is 16.3 Å². The maximum atomic E-state index is 12.6. The molecule has 1 saturated carbocycles. The molecule has 4 rings (SSSR count). The molecule has 0 radical (unpaired) electrons. The second-order valence-electron chi connectivity index (χ2n) is 5.95. The number of rotatable bonds is 5. The van der Waals surface area contributed by atoms with E-state index in [-0.39, 0.29) is 16.7 Å². The minimum atomic E-state index is -2.85. The minimum absolute atomic E-state index is 0.108. The van der Waals surface area contributed by atoms with Crippen molar-refractivity contribution in [2.24, 2.45) is 0 Å². The predicted octanol–water partition coefficient (Wildman–Crippen LogP) is 4.99. The molecule has 2 aliphatic rings. The molecule has 1 aliphatic carbocycles. The molecule has 1 unspecified atom stereocenters. The molecule has 0 amide bonds. The van der Waals surface area contributed by atoms with E-state index in [9.17, 15) is 8.78 Å². The molecule has 1 aliphatic heterocycles. The lowest BCUT2D eigenvalue weighted by Gasteiger charge is -2.17. The van der Waals surface area contributed by atoms with Crippen LogP contribution in [-0.2, 0) is 4.74 Å². The lowest BCUT2D eigenvalue weighted by molar-refractivity contribution is -0.0487. The summed E-state index contributed by atoms with van der Waals surface area (Å²) in [7, 11) is 0. The summed E-state index contributed by atoms with van der Waals surface area (Å²) in [6.07, 6.45) is 4.00. The van der Waals surface area contributed by atoms with Crippen molar-refractivity contribution >= 4 is 27.9 Å². The van der Waals surface area contributed by atoms with E-state index in [1.165, 1.54) is 0 Å². The maximum Gasteiger partial charge on any atom is 0.387 e. The third kappa shape index (κ3) is 2.93. The van der Waals surface area contributed by atoms with E-state index in [4.69, 9.17) is 16.3 Å². The summed E-state index contributed by atoms with van der Waals surface area (Å²) >= 11 is 6.67. The van der Waals surface area contributed by atoms with E-state index < -0.39 is 6.61 Å². The van der Waals surface area contributed by atoms with E-state index in [1.807, 2.05) is 18.2 Å². The van der Waals surface area contributed by atoms with E-state index >= 15 is 0 Å². The van der Waals surface area contributed by atoms with Gasteiger partial charge >= 0.3 is 6.61 Å². The quantitative estimate of drug-likeness (QED) is 0.566. The summed E-state index contributed by atoms with van der Waals surface area (Å²) in [6.45, 7) is -2.14. The lowest BCUT2D eigenvalue weighted by atomic mass is 9.94. The lowest BCUT2D eigenvalue weighted by Crippen LogP contribution is -2.05. The van der Waals surface area contributed by atoms with Gasteiger partial charge in [-0.05, 0) is 41.5 Å². The van der Waals surface area contributed by atoms with Crippen LogP contribution in [-0.4, -0.2) is 24.2 Å². The van der Waals surface area contributed by atoms with E-state index in [0.717, 1.165) is 29.4 Å². The Hall–Kier alpha value is -1.65. The normalized spacial score (nSPS) is 22.4. The zero-order valence-electron chi connectivity index (χ0n) is 12.3. The molecule has 0 N–H and O–H groups in total. The van der Waals surface area contributed by atoms with Crippen molar-refractivity contribution in [1.29, 1.82) is 0 Å². The molecule has 1 atom stereocenters. The number of epoxide rings is 1. The van der Waals surface area contributed by atoms with Crippen LogP contribution in [0.2, 0.25) is 0 Å². The highest BCUT2D eigenvalue weighted by molar-refractivity contribution is 6.33. The Morgan fingerprint density at radius 3 is 2.57 bits per heavy atom. The van der Waals surface area contributed by atoms with Gasteiger partial charge in [-0.3, -0.25) is 0 Å². The average Bonchev–Trinajstić information content (AvgIpc) is 3.42. The Kier molecular flexibility index (Phi) is 3.54. The zero-order valence-corrected chi connectivity index (χ0v) is 13.0. The van der Waals surface area contributed by atoms with Crippen LogP contribution in [0.3, 0.4) is 0 Å². The summed E-state index contributed by atoms with van der Waals surface area (Å²) < 4.78 is 35.2. The summed E-state index contributed by atoms with van der Waals surface area (Å²) in [4.78, 5) is -0.361. The molecule has 0 spiro atoms. The van der Waals surface area contributed by atoms with Crippen molar-refractivity contribution in [3.8, 4) is 5.75 Å². The largest absolute Gasteiger partial charge is 0.434 e.